The maximum absolute atomic E-state index is 13.4. The largest absolute Gasteiger partial charge is 0.424 e. The van der Waals surface area contributed by atoms with Crippen molar-refractivity contribution < 1.29 is 14.0 Å². The highest BCUT2D eigenvalue weighted by atomic mass is 16.4. The van der Waals surface area contributed by atoms with Crippen LogP contribution in [0.2, 0.25) is 0 Å². The fourth-order valence-electron chi connectivity index (χ4n) is 6.36. The number of amides is 1. The van der Waals surface area contributed by atoms with Crippen molar-refractivity contribution in [3.63, 3.8) is 0 Å². The van der Waals surface area contributed by atoms with Crippen molar-refractivity contribution in [2.75, 3.05) is 62.2 Å². The minimum absolute atomic E-state index is 0.0146. The highest BCUT2D eigenvalue weighted by molar-refractivity contribution is 5.99. The van der Waals surface area contributed by atoms with Crippen LogP contribution in [0.25, 0.3) is 33.4 Å². The molecule has 0 atom stereocenters. The van der Waals surface area contributed by atoms with Gasteiger partial charge in [-0.25, -0.2) is 24.6 Å². The number of nitrogen functional groups attached to an aromatic ring is 2. The summed E-state index contributed by atoms with van der Waals surface area (Å²) in [5.74, 6) is 1.12. The third-order valence-corrected chi connectivity index (χ3v) is 8.84. The second-order valence-electron chi connectivity index (χ2n) is 11.9. The zero-order valence-corrected chi connectivity index (χ0v) is 25.7. The molecule has 2 aliphatic rings. The molecule has 15 nitrogen and oxygen atoms in total. The molecule has 4 aromatic heterocycles. The number of aromatic nitrogens is 7. The van der Waals surface area contributed by atoms with Crippen LogP contribution < -0.4 is 16.4 Å². The molecule has 0 spiro atoms. The number of carbonyl (C=O) groups excluding carboxylic acids is 2. The van der Waals surface area contributed by atoms with Gasteiger partial charge in [-0.1, -0.05) is 0 Å². The van der Waals surface area contributed by atoms with Gasteiger partial charge in [-0.3, -0.25) is 9.69 Å². The summed E-state index contributed by atoms with van der Waals surface area (Å²) in [6.45, 7) is 7.08. The molecular formula is C31H36N12O3. The van der Waals surface area contributed by atoms with E-state index in [1.807, 2.05) is 21.7 Å². The van der Waals surface area contributed by atoms with E-state index in [0.29, 0.717) is 77.5 Å². The van der Waals surface area contributed by atoms with Crippen LogP contribution >= 0.6 is 0 Å². The summed E-state index contributed by atoms with van der Waals surface area (Å²) in [6.07, 6.45) is 7.60. The van der Waals surface area contributed by atoms with Crippen molar-refractivity contribution >= 4 is 51.6 Å². The summed E-state index contributed by atoms with van der Waals surface area (Å²) in [7, 11) is 0. The summed E-state index contributed by atoms with van der Waals surface area (Å²) >= 11 is 0. The van der Waals surface area contributed by atoms with Crippen LogP contribution in [-0.2, 0) is 4.79 Å². The summed E-state index contributed by atoms with van der Waals surface area (Å²) in [5, 5.41) is 5.64. The lowest BCUT2D eigenvalue weighted by Gasteiger charge is -2.34. The second-order valence-corrected chi connectivity index (χ2v) is 11.9. The van der Waals surface area contributed by atoms with E-state index in [1.165, 1.54) is 6.33 Å². The topological polar surface area (TPSA) is 191 Å². The molecule has 5 aromatic rings. The van der Waals surface area contributed by atoms with E-state index in [4.69, 9.17) is 21.0 Å². The van der Waals surface area contributed by atoms with Gasteiger partial charge >= 0.3 is 0 Å². The molecule has 4 N–H and O–H groups in total. The molecule has 15 heteroatoms. The molecule has 0 radical (unpaired) electrons. The predicted octanol–water partition coefficient (Wildman–Crippen LogP) is 2.56. The number of likely N-dealkylation sites (tertiary alicyclic amines) is 1. The Balaban J connectivity index is 1.00. The number of oxazole rings is 1. The Kier molecular flexibility index (Phi) is 7.90. The number of rotatable bonds is 8. The lowest BCUT2D eigenvalue weighted by atomic mass is 10.0. The van der Waals surface area contributed by atoms with Crippen molar-refractivity contribution in [1.82, 2.24) is 44.5 Å². The molecule has 0 saturated carbocycles. The van der Waals surface area contributed by atoms with E-state index in [0.717, 1.165) is 44.7 Å². The molecule has 2 aliphatic heterocycles. The monoisotopic (exact) mass is 624 g/mol. The molecule has 0 bridgehead atoms. The summed E-state index contributed by atoms with van der Waals surface area (Å²) in [4.78, 5) is 53.0. The van der Waals surface area contributed by atoms with Crippen molar-refractivity contribution in [2.24, 2.45) is 0 Å². The Morgan fingerprint density at radius 2 is 1.74 bits per heavy atom. The van der Waals surface area contributed by atoms with E-state index in [1.54, 1.807) is 25.4 Å². The molecule has 46 heavy (non-hydrogen) atoms. The third-order valence-electron chi connectivity index (χ3n) is 8.84. The van der Waals surface area contributed by atoms with Crippen molar-refractivity contribution in [3.8, 4) is 11.3 Å². The lowest BCUT2D eigenvalue weighted by Crippen LogP contribution is -2.47. The second kappa shape index (κ2) is 12.3. The van der Waals surface area contributed by atoms with Crippen LogP contribution in [0.4, 0.5) is 17.8 Å². The molecule has 1 aromatic carbocycles. The number of carbonyl (C=O) groups is 2. The number of hydrogen-bond acceptors (Lipinski definition) is 13. The zero-order chi connectivity index (χ0) is 31.8. The van der Waals surface area contributed by atoms with Crippen LogP contribution in [-0.4, -0.2) is 102 Å². The highest BCUT2D eigenvalue weighted by Gasteiger charge is 2.29. The average Bonchev–Trinajstić information content (AvgIpc) is 3.65. The predicted molar refractivity (Wildman–Crippen MR) is 172 cm³/mol. The summed E-state index contributed by atoms with van der Waals surface area (Å²) < 4.78 is 7.33. The Morgan fingerprint density at radius 3 is 2.48 bits per heavy atom. The van der Waals surface area contributed by atoms with E-state index in [-0.39, 0.29) is 23.7 Å². The molecule has 238 valence electrons. The minimum atomic E-state index is -0.0851. The van der Waals surface area contributed by atoms with Gasteiger partial charge in [0.25, 0.3) is 11.9 Å². The smallest absolute Gasteiger partial charge is 0.292 e. The third kappa shape index (κ3) is 5.80. The van der Waals surface area contributed by atoms with E-state index >= 15 is 0 Å². The number of hydrogen-bond donors (Lipinski definition) is 2. The maximum atomic E-state index is 13.4. The molecule has 0 aliphatic carbocycles. The van der Waals surface area contributed by atoms with Crippen LogP contribution in [0.3, 0.4) is 0 Å². The Morgan fingerprint density at radius 1 is 0.978 bits per heavy atom. The molecule has 7 rings (SSSR count). The number of benzene rings is 1. The van der Waals surface area contributed by atoms with Crippen LogP contribution in [0.5, 0.6) is 0 Å². The molecule has 0 unspecified atom stereocenters. The van der Waals surface area contributed by atoms with Gasteiger partial charge in [0, 0.05) is 63.6 Å². The number of anilines is 3. The number of Topliss-reactive ketones (excluding diaryl/α,β-unsaturated/α-hetero) is 1. The summed E-state index contributed by atoms with van der Waals surface area (Å²) in [6, 6.07) is 5.67. The van der Waals surface area contributed by atoms with Gasteiger partial charge in [-0.15, -0.1) is 0 Å². The first kappa shape index (κ1) is 29.5. The standard InChI is InChI=1S/C31H36N12O3/c1-19(44)3-2-8-40-11-13-42(14-12-40)31-34-16-21(17-35-31)29(45)41-9-6-22(7-10-41)43-28-25(27(32)36-18-37-28)26(39-43)20-4-5-24-23(15-20)38-30(33)46-24/h4-5,15-18,22H,2-3,6-14H2,1H3,(H2,33,38)(H2,32,36,37). The Hall–Kier alpha value is -5.18. The zero-order valence-electron chi connectivity index (χ0n) is 25.7. The van der Waals surface area contributed by atoms with Crippen molar-refractivity contribution in [2.45, 2.75) is 38.6 Å². The number of piperidine rings is 1. The highest BCUT2D eigenvalue weighted by Crippen LogP contribution is 2.35. The van der Waals surface area contributed by atoms with Gasteiger partial charge in [0.05, 0.1) is 17.0 Å². The first-order valence-corrected chi connectivity index (χ1v) is 15.6. The number of nitrogens with zero attached hydrogens (tertiary/aromatic N) is 10. The van der Waals surface area contributed by atoms with Gasteiger partial charge < -0.3 is 30.5 Å². The van der Waals surface area contributed by atoms with Gasteiger partial charge in [-0.2, -0.15) is 10.1 Å². The van der Waals surface area contributed by atoms with Crippen molar-refractivity contribution in [3.05, 3.63) is 42.5 Å². The van der Waals surface area contributed by atoms with E-state index in [2.05, 4.69) is 34.7 Å². The number of nitrogens with two attached hydrogens (primary N) is 2. The number of piperazine rings is 1. The molecule has 2 saturated heterocycles. The van der Waals surface area contributed by atoms with Crippen LogP contribution in [0, 0.1) is 0 Å². The SMILES string of the molecule is CC(=O)CCCN1CCN(c2ncc(C(=O)N3CCC(n4nc(-c5ccc6oc(N)nc6c5)c5c(N)ncnc54)CC3)cn2)CC1. The fraction of sp³-hybridized carbons (Fsp3) is 0.419. The van der Waals surface area contributed by atoms with E-state index in [9.17, 15) is 9.59 Å². The van der Waals surface area contributed by atoms with Gasteiger partial charge in [0.15, 0.2) is 11.2 Å². The molecule has 1 amide bonds. The Labute approximate surface area is 264 Å². The van der Waals surface area contributed by atoms with Crippen molar-refractivity contribution in [1.29, 1.82) is 0 Å². The van der Waals surface area contributed by atoms with Gasteiger partial charge in [-0.05, 0) is 50.9 Å². The molecule has 2 fully saturated rings. The average molecular weight is 625 g/mol. The number of ketones is 1. The molecular weight excluding hydrogens is 588 g/mol. The lowest BCUT2D eigenvalue weighted by molar-refractivity contribution is -0.117. The van der Waals surface area contributed by atoms with E-state index < -0.39 is 0 Å². The quantitative estimate of drug-likeness (QED) is 0.256. The first-order valence-electron chi connectivity index (χ1n) is 15.6. The van der Waals surface area contributed by atoms with Gasteiger partial charge in [0.2, 0.25) is 5.95 Å². The number of fused-ring (bicyclic) bond motifs is 2. The van der Waals surface area contributed by atoms with Gasteiger partial charge in [0.1, 0.15) is 29.1 Å². The Bertz CT molecular complexity index is 1890. The first-order chi connectivity index (χ1) is 22.3. The minimum Gasteiger partial charge on any atom is -0.424 e. The molecule has 6 heterocycles. The summed E-state index contributed by atoms with van der Waals surface area (Å²) in [5.41, 5.74) is 15.9. The van der Waals surface area contributed by atoms with Crippen LogP contribution in [0.1, 0.15) is 49.0 Å². The van der Waals surface area contributed by atoms with Crippen LogP contribution in [0.15, 0.2) is 41.3 Å². The maximum Gasteiger partial charge on any atom is 0.292 e. The normalized spacial score (nSPS) is 16.5. The fourth-order valence-corrected chi connectivity index (χ4v) is 6.36.